The van der Waals surface area contributed by atoms with Crippen LogP contribution in [0.1, 0.15) is 50.3 Å². The maximum absolute atomic E-state index is 13.2. The molecule has 1 aliphatic rings. The molecule has 1 amide bonds. The lowest BCUT2D eigenvalue weighted by molar-refractivity contribution is -0.120. The largest absolute Gasteiger partial charge is 0.326 e. The zero-order valence-electron chi connectivity index (χ0n) is 19.6. The van der Waals surface area contributed by atoms with E-state index in [2.05, 4.69) is 29.5 Å². The Labute approximate surface area is 195 Å². The van der Waals surface area contributed by atoms with Crippen molar-refractivity contribution in [1.29, 1.82) is 0 Å². The number of aromatic nitrogens is 3. The highest BCUT2D eigenvalue weighted by Gasteiger charge is 2.32. The van der Waals surface area contributed by atoms with Crippen LogP contribution in [-0.2, 0) is 14.8 Å². The summed E-state index contributed by atoms with van der Waals surface area (Å²) in [5.74, 6) is -0.266. The van der Waals surface area contributed by atoms with E-state index in [4.69, 9.17) is 0 Å². The van der Waals surface area contributed by atoms with Crippen LogP contribution in [0.15, 0.2) is 41.3 Å². The second-order valence-electron chi connectivity index (χ2n) is 8.86. The first kappa shape index (κ1) is 23.4. The van der Waals surface area contributed by atoms with Gasteiger partial charge in [0, 0.05) is 24.7 Å². The van der Waals surface area contributed by atoms with Gasteiger partial charge in [-0.1, -0.05) is 24.3 Å². The summed E-state index contributed by atoms with van der Waals surface area (Å²) in [4.78, 5) is 13.0. The van der Waals surface area contributed by atoms with Gasteiger partial charge in [0.2, 0.25) is 15.9 Å². The van der Waals surface area contributed by atoms with E-state index in [1.165, 1.54) is 4.31 Å². The summed E-state index contributed by atoms with van der Waals surface area (Å²) in [6, 6.07) is 11.0. The number of sulfonamides is 1. The summed E-state index contributed by atoms with van der Waals surface area (Å²) in [6.45, 7) is 8.74. The van der Waals surface area contributed by atoms with Crippen molar-refractivity contribution in [2.45, 2.75) is 57.9 Å². The number of amides is 1. The average Bonchev–Trinajstić information content (AvgIpc) is 3.25. The number of anilines is 1. The van der Waals surface area contributed by atoms with Crippen molar-refractivity contribution in [3.05, 3.63) is 47.5 Å². The second-order valence-corrected chi connectivity index (χ2v) is 10.8. The molecule has 176 valence electrons. The highest BCUT2D eigenvalue weighted by Crippen LogP contribution is 2.28. The molecule has 4 rings (SSSR count). The number of carbonyl (C=O) groups excluding carboxylic acids is 1. The second kappa shape index (κ2) is 9.23. The zero-order chi connectivity index (χ0) is 23.8. The molecule has 1 atom stereocenters. The molecule has 1 fully saturated rings. The zero-order valence-corrected chi connectivity index (χ0v) is 20.4. The number of aryl methyl sites for hydroxylation is 1. The molecule has 1 saturated heterocycles. The van der Waals surface area contributed by atoms with Crippen LogP contribution >= 0.6 is 0 Å². The molecule has 8 nitrogen and oxygen atoms in total. The molecule has 2 aromatic carbocycles. The first-order chi connectivity index (χ1) is 15.7. The van der Waals surface area contributed by atoms with Crippen molar-refractivity contribution in [2.24, 2.45) is 5.92 Å². The van der Waals surface area contributed by atoms with Crippen LogP contribution in [0.4, 0.5) is 5.69 Å². The van der Waals surface area contributed by atoms with E-state index in [-0.39, 0.29) is 22.8 Å². The van der Waals surface area contributed by atoms with Gasteiger partial charge in [-0.25, -0.2) is 13.1 Å². The van der Waals surface area contributed by atoms with E-state index < -0.39 is 10.0 Å². The van der Waals surface area contributed by atoms with Gasteiger partial charge in [-0.3, -0.25) is 4.79 Å². The summed E-state index contributed by atoms with van der Waals surface area (Å²) in [6.07, 6.45) is 1.88. The molecule has 0 bridgehead atoms. The molecular formula is C24H31N5O3S. The molecule has 0 saturated carbocycles. The Morgan fingerprint density at radius 3 is 2.61 bits per heavy atom. The van der Waals surface area contributed by atoms with Crippen molar-refractivity contribution in [3.63, 3.8) is 0 Å². The fourth-order valence-electron chi connectivity index (χ4n) is 4.21. The summed E-state index contributed by atoms with van der Waals surface area (Å²) in [5.41, 5.74) is 4.37. The van der Waals surface area contributed by atoms with Gasteiger partial charge in [-0.2, -0.15) is 4.31 Å². The van der Waals surface area contributed by atoms with Crippen LogP contribution < -0.4 is 5.32 Å². The van der Waals surface area contributed by atoms with Gasteiger partial charge in [0.25, 0.3) is 0 Å². The Bertz CT molecular complexity index is 1280. The summed E-state index contributed by atoms with van der Waals surface area (Å²) in [7, 11) is -3.67. The Morgan fingerprint density at radius 1 is 1.18 bits per heavy atom. The van der Waals surface area contributed by atoms with E-state index >= 15 is 0 Å². The number of carbonyl (C=O) groups is 1. The van der Waals surface area contributed by atoms with E-state index in [0.29, 0.717) is 31.4 Å². The van der Waals surface area contributed by atoms with Gasteiger partial charge in [0.15, 0.2) is 0 Å². The SMILES string of the molecule is CC[C@@H](C)n1nnc2cc(S(=O)(=O)N3CCC(C(=O)Nc4cccc(C)c4C)CC3)ccc21. The monoisotopic (exact) mass is 469 g/mol. The van der Waals surface area contributed by atoms with Gasteiger partial charge in [0.1, 0.15) is 5.52 Å². The van der Waals surface area contributed by atoms with E-state index in [1.54, 1.807) is 18.2 Å². The molecular weight excluding hydrogens is 438 g/mol. The normalized spacial score (nSPS) is 16.7. The maximum Gasteiger partial charge on any atom is 0.243 e. The molecule has 0 spiro atoms. The van der Waals surface area contributed by atoms with E-state index in [0.717, 1.165) is 28.8 Å². The molecule has 0 aliphatic carbocycles. The van der Waals surface area contributed by atoms with Crippen LogP contribution in [0.5, 0.6) is 0 Å². The van der Waals surface area contributed by atoms with Crippen LogP contribution in [0.3, 0.4) is 0 Å². The predicted octanol–water partition coefficient (Wildman–Crippen LogP) is 4.06. The number of hydrogen-bond acceptors (Lipinski definition) is 5. The van der Waals surface area contributed by atoms with Gasteiger partial charge >= 0.3 is 0 Å². The fraction of sp³-hybridized carbons (Fsp3) is 0.458. The smallest absolute Gasteiger partial charge is 0.243 e. The highest BCUT2D eigenvalue weighted by molar-refractivity contribution is 7.89. The highest BCUT2D eigenvalue weighted by atomic mass is 32.2. The Kier molecular flexibility index (Phi) is 6.54. The predicted molar refractivity (Wildman–Crippen MR) is 129 cm³/mol. The average molecular weight is 470 g/mol. The number of nitrogens with zero attached hydrogens (tertiary/aromatic N) is 4. The van der Waals surface area contributed by atoms with Crippen molar-refractivity contribution in [2.75, 3.05) is 18.4 Å². The van der Waals surface area contributed by atoms with Gasteiger partial charge < -0.3 is 5.32 Å². The number of piperidine rings is 1. The molecule has 1 N–H and O–H groups in total. The molecule has 1 aliphatic heterocycles. The number of benzene rings is 2. The van der Waals surface area contributed by atoms with Crippen LogP contribution in [-0.4, -0.2) is 46.7 Å². The van der Waals surface area contributed by atoms with Gasteiger partial charge in [-0.15, -0.1) is 5.10 Å². The first-order valence-corrected chi connectivity index (χ1v) is 12.9. The number of nitrogens with one attached hydrogen (secondary N) is 1. The van der Waals surface area contributed by atoms with Gasteiger partial charge in [-0.05, 0) is 75.4 Å². The van der Waals surface area contributed by atoms with E-state index in [1.807, 2.05) is 36.7 Å². The lowest BCUT2D eigenvalue weighted by Crippen LogP contribution is -2.41. The Morgan fingerprint density at radius 2 is 1.91 bits per heavy atom. The number of rotatable bonds is 6. The first-order valence-electron chi connectivity index (χ1n) is 11.4. The van der Waals surface area contributed by atoms with Crippen LogP contribution in [0.25, 0.3) is 11.0 Å². The Balaban J connectivity index is 1.44. The third-order valence-corrected chi connectivity index (χ3v) is 8.67. The van der Waals surface area contributed by atoms with Crippen molar-refractivity contribution >= 4 is 32.7 Å². The molecule has 3 aromatic rings. The minimum absolute atomic E-state index is 0.0520. The molecule has 2 heterocycles. The summed E-state index contributed by atoms with van der Waals surface area (Å²) >= 11 is 0. The van der Waals surface area contributed by atoms with E-state index in [9.17, 15) is 13.2 Å². The molecule has 0 radical (unpaired) electrons. The molecule has 9 heteroatoms. The minimum atomic E-state index is -3.67. The maximum atomic E-state index is 13.2. The van der Waals surface area contributed by atoms with Crippen molar-refractivity contribution in [1.82, 2.24) is 19.3 Å². The molecule has 33 heavy (non-hydrogen) atoms. The van der Waals surface area contributed by atoms with Crippen molar-refractivity contribution < 1.29 is 13.2 Å². The van der Waals surface area contributed by atoms with Gasteiger partial charge in [0.05, 0.1) is 16.5 Å². The van der Waals surface area contributed by atoms with Crippen LogP contribution in [0, 0.1) is 19.8 Å². The van der Waals surface area contributed by atoms with Crippen LogP contribution in [0.2, 0.25) is 0 Å². The number of fused-ring (bicyclic) bond motifs is 1. The third-order valence-electron chi connectivity index (χ3n) is 6.78. The summed E-state index contributed by atoms with van der Waals surface area (Å²) < 4.78 is 29.8. The summed E-state index contributed by atoms with van der Waals surface area (Å²) in [5, 5.41) is 11.4. The standard InChI is InChI=1S/C24H31N5O3S/c1-5-17(3)29-23-10-9-20(15-22(23)26-27-29)33(31,32)28-13-11-19(12-14-28)24(30)25-21-8-6-7-16(2)18(21)4/h6-10,15,17,19H,5,11-14H2,1-4H3,(H,25,30)/t17-/m1/s1. The minimum Gasteiger partial charge on any atom is -0.326 e. The quantitative estimate of drug-likeness (QED) is 0.587. The topological polar surface area (TPSA) is 97.2 Å². The van der Waals surface area contributed by atoms with Crippen molar-refractivity contribution in [3.8, 4) is 0 Å². The molecule has 0 unspecified atom stereocenters. The third kappa shape index (κ3) is 4.52. The fourth-order valence-corrected chi connectivity index (χ4v) is 5.70. The Hall–Kier alpha value is -2.78. The lowest BCUT2D eigenvalue weighted by atomic mass is 9.97. The number of hydrogen-bond donors (Lipinski definition) is 1. The molecule has 1 aromatic heterocycles. The lowest BCUT2D eigenvalue weighted by Gasteiger charge is -2.30.